The highest BCUT2D eigenvalue weighted by Crippen LogP contribution is 2.23. The summed E-state index contributed by atoms with van der Waals surface area (Å²) in [6.45, 7) is 13.8. The van der Waals surface area contributed by atoms with Crippen LogP contribution in [0.2, 0.25) is 0 Å². The molecule has 3 atom stereocenters. The Morgan fingerprint density at radius 3 is 1.39 bits per heavy atom. The van der Waals surface area contributed by atoms with Crippen LogP contribution >= 0.6 is 0 Å². The number of hydroxylamine groups is 2. The van der Waals surface area contributed by atoms with Gasteiger partial charge in [-0.15, -0.1) is 0 Å². The van der Waals surface area contributed by atoms with Crippen molar-refractivity contribution < 1.29 is 28.7 Å². The van der Waals surface area contributed by atoms with Crippen LogP contribution < -0.4 is 0 Å². The summed E-state index contributed by atoms with van der Waals surface area (Å²) in [6, 6.07) is 0.0457. The number of carbonyl (C=O) groups excluding carboxylic acids is 3. The molecule has 0 fully saturated rings. The van der Waals surface area contributed by atoms with Gasteiger partial charge in [0, 0.05) is 18.9 Å². The lowest BCUT2D eigenvalue weighted by molar-refractivity contribution is -0.203. The van der Waals surface area contributed by atoms with Crippen LogP contribution in [0.5, 0.6) is 0 Å². The van der Waals surface area contributed by atoms with Gasteiger partial charge in [-0.05, 0) is 103 Å². The summed E-state index contributed by atoms with van der Waals surface area (Å²) in [5.74, 6) is 0.759. The number of rotatable bonds is 52. The Morgan fingerprint density at radius 1 is 0.448 bits per heavy atom. The number of carbonyl (C=O) groups is 3. The lowest BCUT2D eigenvalue weighted by Gasteiger charge is -2.31. The average Bonchev–Trinajstić information content (AvgIpc) is 3.32. The number of esters is 2. The maximum Gasteiger partial charge on any atom is 0.330 e. The Kier molecular flexibility index (Phi) is 49.0. The molecule has 8 nitrogen and oxygen atoms in total. The molecule has 3 unspecified atom stereocenters. The van der Waals surface area contributed by atoms with Crippen molar-refractivity contribution in [3.63, 3.8) is 0 Å². The third-order valence-corrected chi connectivity index (χ3v) is 13.7. The van der Waals surface area contributed by atoms with Crippen LogP contribution in [0.15, 0.2) is 12.2 Å². The van der Waals surface area contributed by atoms with Gasteiger partial charge < -0.3 is 14.4 Å². The summed E-state index contributed by atoms with van der Waals surface area (Å²) in [6.07, 6.45) is 48.4. The molecular formula is C59H114N2O6. The van der Waals surface area contributed by atoms with Crippen molar-refractivity contribution in [1.82, 2.24) is 9.96 Å². The number of nitrogens with zero attached hydrogens (tertiary/aromatic N) is 2. The van der Waals surface area contributed by atoms with Gasteiger partial charge in [-0.2, -0.15) is 0 Å². The molecule has 0 aromatic carbocycles. The molecule has 0 aliphatic carbocycles. The molecule has 0 saturated heterocycles. The summed E-state index contributed by atoms with van der Waals surface area (Å²) in [4.78, 5) is 48.0. The number of amides is 1. The van der Waals surface area contributed by atoms with Crippen LogP contribution in [0.4, 0.5) is 0 Å². The molecule has 67 heavy (non-hydrogen) atoms. The standard InChI is InChI=1S/C59H114N2O6/c1-8-13-18-22-24-25-27-35-45-56(46-36-28-30-38-48-59(64)66-53-55(43-33-21-16-11-4)44-34-26-23-19-14-9-2)61(67-51-40-50-60(6)7)57(62)47-37-29-31-39-49-58(63)65-52-54(41-17-12-5)42-32-20-15-10-3/h38,48,54-56H,8-37,39-47,49-53H2,1-7H3. The van der Waals surface area contributed by atoms with Crippen molar-refractivity contribution >= 4 is 17.8 Å². The van der Waals surface area contributed by atoms with E-state index in [-0.39, 0.29) is 23.9 Å². The molecule has 0 radical (unpaired) electrons. The van der Waals surface area contributed by atoms with Gasteiger partial charge in [-0.1, -0.05) is 214 Å². The van der Waals surface area contributed by atoms with Crippen molar-refractivity contribution in [2.45, 2.75) is 297 Å². The summed E-state index contributed by atoms with van der Waals surface area (Å²) in [7, 11) is 4.15. The van der Waals surface area contributed by atoms with Crippen LogP contribution in [-0.2, 0) is 28.7 Å². The predicted octanol–water partition coefficient (Wildman–Crippen LogP) is 17.3. The second kappa shape index (κ2) is 50.5. The molecule has 8 heteroatoms. The number of allylic oxidation sites excluding steroid dienone is 1. The molecule has 0 aliphatic heterocycles. The molecule has 0 N–H and O–H groups in total. The fourth-order valence-corrected chi connectivity index (χ4v) is 9.23. The molecule has 0 bridgehead atoms. The van der Waals surface area contributed by atoms with E-state index >= 15 is 0 Å². The van der Waals surface area contributed by atoms with Gasteiger partial charge in [0.1, 0.15) is 0 Å². The van der Waals surface area contributed by atoms with E-state index in [1.807, 2.05) is 6.08 Å². The van der Waals surface area contributed by atoms with E-state index in [1.54, 1.807) is 11.1 Å². The summed E-state index contributed by atoms with van der Waals surface area (Å²) >= 11 is 0. The number of ether oxygens (including phenoxy) is 2. The van der Waals surface area contributed by atoms with Crippen molar-refractivity contribution in [1.29, 1.82) is 0 Å². The quantitative estimate of drug-likeness (QED) is 0.0260. The minimum absolute atomic E-state index is 0.0457. The molecule has 1 amide bonds. The third kappa shape index (κ3) is 43.8. The third-order valence-electron chi connectivity index (χ3n) is 13.7. The Morgan fingerprint density at radius 2 is 0.866 bits per heavy atom. The smallest absolute Gasteiger partial charge is 0.330 e. The van der Waals surface area contributed by atoms with E-state index in [9.17, 15) is 14.4 Å². The summed E-state index contributed by atoms with van der Waals surface area (Å²) < 4.78 is 11.6. The predicted molar refractivity (Wildman–Crippen MR) is 286 cm³/mol. The maximum atomic E-state index is 14.0. The first-order chi connectivity index (χ1) is 32.7. The first-order valence-electron chi connectivity index (χ1n) is 29.3. The van der Waals surface area contributed by atoms with Gasteiger partial charge in [0.05, 0.1) is 25.9 Å². The second-order valence-corrected chi connectivity index (χ2v) is 20.7. The Labute approximate surface area is 417 Å². The Balaban J connectivity index is 5.28. The lowest BCUT2D eigenvalue weighted by atomic mass is 9.95. The fourth-order valence-electron chi connectivity index (χ4n) is 9.23. The van der Waals surface area contributed by atoms with Crippen LogP contribution in [-0.4, -0.2) is 74.3 Å². The zero-order valence-corrected chi connectivity index (χ0v) is 45.8. The molecule has 0 aromatic rings. The van der Waals surface area contributed by atoms with E-state index in [0.717, 1.165) is 103 Å². The van der Waals surface area contributed by atoms with Crippen LogP contribution in [0.3, 0.4) is 0 Å². The van der Waals surface area contributed by atoms with E-state index < -0.39 is 0 Å². The average molecular weight is 948 g/mol. The van der Waals surface area contributed by atoms with E-state index in [1.165, 1.54) is 148 Å². The topological polar surface area (TPSA) is 85.4 Å². The number of unbranched alkanes of at least 4 members (excludes halogenated alkanes) is 24. The maximum absolute atomic E-state index is 14.0. The van der Waals surface area contributed by atoms with Gasteiger partial charge >= 0.3 is 11.9 Å². The summed E-state index contributed by atoms with van der Waals surface area (Å²) in [5.41, 5.74) is 0. The van der Waals surface area contributed by atoms with Gasteiger partial charge in [0.25, 0.3) is 0 Å². The van der Waals surface area contributed by atoms with E-state index in [2.05, 4.69) is 53.6 Å². The second-order valence-electron chi connectivity index (χ2n) is 20.7. The minimum atomic E-state index is -0.212. The first-order valence-corrected chi connectivity index (χ1v) is 29.3. The van der Waals surface area contributed by atoms with Crippen LogP contribution in [0.25, 0.3) is 0 Å². The van der Waals surface area contributed by atoms with E-state index in [0.29, 0.717) is 44.5 Å². The van der Waals surface area contributed by atoms with Gasteiger partial charge in [0.15, 0.2) is 0 Å². The van der Waals surface area contributed by atoms with Crippen molar-refractivity contribution in [2.24, 2.45) is 11.8 Å². The van der Waals surface area contributed by atoms with Crippen LogP contribution in [0, 0.1) is 11.8 Å². The first kappa shape index (κ1) is 65.1. The van der Waals surface area contributed by atoms with Gasteiger partial charge in [-0.3, -0.25) is 14.4 Å². The van der Waals surface area contributed by atoms with Crippen molar-refractivity contribution in [2.75, 3.05) is 40.5 Å². The van der Waals surface area contributed by atoms with Gasteiger partial charge in [0.2, 0.25) is 5.91 Å². The lowest BCUT2D eigenvalue weighted by Crippen LogP contribution is -2.41. The largest absolute Gasteiger partial charge is 0.465 e. The van der Waals surface area contributed by atoms with Crippen LogP contribution in [0.1, 0.15) is 291 Å². The Bertz CT molecular complexity index is 1110. The van der Waals surface area contributed by atoms with E-state index in [4.69, 9.17) is 14.3 Å². The molecule has 396 valence electrons. The highest BCUT2D eigenvalue weighted by atomic mass is 16.7. The SMILES string of the molecule is CCCCCCCCCCC(CCCCC=CC(=O)OCC(CCCCCC)CCCCCCCC)N(OCCCN(C)C)C(=O)CCCCCCC(=O)OCC(CCCC)CCCCCC. The highest BCUT2D eigenvalue weighted by molar-refractivity contribution is 5.81. The van der Waals surface area contributed by atoms with Crippen molar-refractivity contribution in [3.05, 3.63) is 12.2 Å². The zero-order valence-electron chi connectivity index (χ0n) is 45.8. The molecule has 0 saturated carbocycles. The minimum Gasteiger partial charge on any atom is -0.465 e. The monoisotopic (exact) mass is 947 g/mol. The molecule has 0 aliphatic rings. The molecular weight excluding hydrogens is 833 g/mol. The zero-order chi connectivity index (χ0) is 49.3. The number of hydrogen-bond donors (Lipinski definition) is 0. The molecule has 0 rings (SSSR count). The summed E-state index contributed by atoms with van der Waals surface area (Å²) in [5, 5.41) is 1.78. The molecule has 0 heterocycles. The normalized spacial score (nSPS) is 13.1. The molecule has 0 spiro atoms. The Hall–Kier alpha value is -1.93. The number of hydrogen-bond acceptors (Lipinski definition) is 7. The fraction of sp³-hybridized carbons (Fsp3) is 0.915. The molecule has 0 aromatic heterocycles. The highest BCUT2D eigenvalue weighted by Gasteiger charge is 2.24. The van der Waals surface area contributed by atoms with Gasteiger partial charge in [-0.25, -0.2) is 9.86 Å². The van der Waals surface area contributed by atoms with Crippen molar-refractivity contribution in [3.8, 4) is 0 Å².